The summed E-state index contributed by atoms with van der Waals surface area (Å²) < 4.78 is 17.1. The SMILES string of the molecule is CCC/C=C\CCCCCCCC(=O)OC(COCCC(C(=O)O)[N+](C)(C)C)COC(=O)CCCCCCCCCC. The van der Waals surface area contributed by atoms with Crippen LogP contribution in [0.25, 0.3) is 0 Å². The Morgan fingerprint density at radius 1 is 0.690 bits per heavy atom. The quantitative estimate of drug-likeness (QED) is 0.0409. The molecule has 0 heterocycles. The third-order valence-corrected chi connectivity index (χ3v) is 7.40. The minimum atomic E-state index is -0.878. The lowest BCUT2D eigenvalue weighted by molar-refractivity contribution is -0.887. The number of rotatable bonds is 29. The number of carbonyl (C=O) groups excluding carboxylic acids is 2. The molecule has 8 heteroatoms. The Kier molecular flexibility index (Phi) is 25.5. The first kappa shape index (κ1) is 40.1. The van der Waals surface area contributed by atoms with Crippen LogP contribution in [0, 0.1) is 0 Å². The largest absolute Gasteiger partial charge is 0.477 e. The maximum atomic E-state index is 12.5. The maximum absolute atomic E-state index is 12.5. The Bertz CT molecular complexity index is 717. The lowest BCUT2D eigenvalue weighted by Gasteiger charge is -2.31. The van der Waals surface area contributed by atoms with E-state index in [0.29, 0.717) is 19.3 Å². The molecule has 246 valence electrons. The predicted molar refractivity (Wildman–Crippen MR) is 169 cm³/mol. The Morgan fingerprint density at radius 2 is 1.24 bits per heavy atom. The van der Waals surface area contributed by atoms with E-state index >= 15 is 0 Å². The van der Waals surface area contributed by atoms with Crippen LogP contribution in [0.15, 0.2) is 12.2 Å². The van der Waals surface area contributed by atoms with Crippen molar-refractivity contribution in [1.82, 2.24) is 0 Å². The summed E-state index contributed by atoms with van der Waals surface area (Å²) in [7, 11) is 5.50. The van der Waals surface area contributed by atoms with Gasteiger partial charge in [0.1, 0.15) is 6.61 Å². The van der Waals surface area contributed by atoms with E-state index in [9.17, 15) is 19.5 Å². The lowest BCUT2D eigenvalue weighted by atomic mass is 10.1. The number of quaternary nitrogens is 1. The molecule has 8 nitrogen and oxygen atoms in total. The van der Waals surface area contributed by atoms with Crippen molar-refractivity contribution < 1.29 is 38.2 Å². The van der Waals surface area contributed by atoms with Gasteiger partial charge in [-0.1, -0.05) is 96.6 Å². The number of ether oxygens (including phenoxy) is 3. The second kappa shape index (κ2) is 26.7. The van der Waals surface area contributed by atoms with Gasteiger partial charge in [0.2, 0.25) is 0 Å². The molecule has 0 aliphatic rings. The number of carboxylic acids is 1. The van der Waals surface area contributed by atoms with Gasteiger partial charge in [0, 0.05) is 19.3 Å². The number of hydrogen-bond donors (Lipinski definition) is 1. The average Bonchev–Trinajstić information content (AvgIpc) is 2.92. The van der Waals surface area contributed by atoms with Crippen molar-refractivity contribution >= 4 is 17.9 Å². The molecule has 0 radical (unpaired) electrons. The summed E-state index contributed by atoms with van der Waals surface area (Å²) >= 11 is 0. The van der Waals surface area contributed by atoms with Crippen molar-refractivity contribution in [2.75, 3.05) is 41.0 Å². The molecule has 0 bridgehead atoms. The van der Waals surface area contributed by atoms with E-state index in [1.165, 1.54) is 44.9 Å². The van der Waals surface area contributed by atoms with E-state index < -0.39 is 18.1 Å². The number of hydrogen-bond acceptors (Lipinski definition) is 6. The number of nitrogens with zero attached hydrogens (tertiary/aromatic N) is 1. The van der Waals surface area contributed by atoms with Crippen LogP contribution in [-0.2, 0) is 28.6 Å². The van der Waals surface area contributed by atoms with E-state index in [4.69, 9.17) is 14.2 Å². The molecule has 0 amide bonds. The zero-order chi connectivity index (χ0) is 31.5. The summed E-state index contributed by atoms with van der Waals surface area (Å²) in [5.41, 5.74) is 0. The minimum Gasteiger partial charge on any atom is -0.477 e. The van der Waals surface area contributed by atoms with E-state index in [-0.39, 0.29) is 36.2 Å². The van der Waals surface area contributed by atoms with Crippen LogP contribution in [-0.4, -0.2) is 80.6 Å². The molecule has 0 saturated heterocycles. The van der Waals surface area contributed by atoms with E-state index in [1.54, 1.807) is 0 Å². The van der Waals surface area contributed by atoms with E-state index in [0.717, 1.165) is 57.8 Å². The van der Waals surface area contributed by atoms with Crippen LogP contribution >= 0.6 is 0 Å². The summed E-state index contributed by atoms with van der Waals surface area (Å²) in [5, 5.41) is 9.53. The number of esters is 2. The maximum Gasteiger partial charge on any atom is 0.362 e. The highest BCUT2D eigenvalue weighted by molar-refractivity contribution is 5.72. The van der Waals surface area contributed by atoms with Gasteiger partial charge in [0.05, 0.1) is 34.4 Å². The standard InChI is InChI=1S/C34H63NO7/c1-6-8-10-12-14-16-17-19-21-23-25-33(37)42-30(28-40-27-26-31(34(38)39)35(3,4)5)29-41-32(36)24-22-20-18-15-13-11-9-7-2/h10,12,30-31H,6-9,11,13-29H2,1-5H3/p+1/b12-10-. The average molecular weight is 599 g/mol. The van der Waals surface area contributed by atoms with Gasteiger partial charge >= 0.3 is 17.9 Å². The van der Waals surface area contributed by atoms with Crippen molar-refractivity contribution in [2.45, 2.75) is 148 Å². The second-order valence-electron chi connectivity index (χ2n) is 12.4. The third kappa shape index (κ3) is 24.6. The van der Waals surface area contributed by atoms with Crippen LogP contribution in [0.4, 0.5) is 0 Å². The molecule has 2 unspecified atom stereocenters. The highest BCUT2D eigenvalue weighted by atomic mass is 16.6. The van der Waals surface area contributed by atoms with Crippen molar-refractivity contribution in [1.29, 1.82) is 0 Å². The normalized spacial score (nSPS) is 13.3. The first-order chi connectivity index (χ1) is 20.1. The smallest absolute Gasteiger partial charge is 0.362 e. The molecule has 1 N–H and O–H groups in total. The van der Waals surface area contributed by atoms with Gasteiger partial charge < -0.3 is 23.8 Å². The first-order valence-electron chi connectivity index (χ1n) is 16.7. The van der Waals surface area contributed by atoms with E-state index in [1.807, 2.05) is 21.1 Å². The van der Waals surface area contributed by atoms with Gasteiger partial charge in [-0.3, -0.25) is 9.59 Å². The van der Waals surface area contributed by atoms with Crippen LogP contribution in [0.2, 0.25) is 0 Å². The Hall–Kier alpha value is -1.93. The molecule has 0 rings (SSSR count). The zero-order valence-corrected chi connectivity index (χ0v) is 27.7. The Morgan fingerprint density at radius 3 is 1.81 bits per heavy atom. The molecule has 0 saturated carbocycles. The summed E-state index contributed by atoms with van der Waals surface area (Å²) in [6.45, 7) is 4.61. The predicted octanol–water partition coefficient (Wildman–Crippen LogP) is 7.63. The number of carboxylic acid groups (broad SMARTS) is 1. The monoisotopic (exact) mass is 598 g/mol. The molecular weight excluding hydrogens is 534 g/mol. The van der Waals surface area contributed by atoms with Gasteiger partial charge in [-0.05, 0) is 32.1 Å². The van der Waals surface area contributed by atoms with Crippen molar-refractivity contribution in [3.8, 4) is 0 Å². The summed E-state index contributed by atoms with van der Waals surface area (Å²) in [6.07, 6.45) is 22.6. The lowest BCUT2D eigenvalue weighted by Crippen LogP contribution is -2.50. The van der Waals surface area contributed by atoms with Crippen molar-refractivity contribution in [2.24, 2.45) is 0 Å². The number of likely N-dealkylation sites (N-methyl/N-ethyl adjacent to an activating group) is 1. The molecule has 0 spiro atoms. The van der Waals surface area contributed by atoms with Crippen LogP contribution < -0.4 is 0 Å². The molecule has 0 aliphatic heterocycles. The molecule has 0 aromatic heterocycles. The van der Waals surface area contributed by atoms with Crippen LogP contribution in [0.5, 0.6) is 0 Å². The Balaban J connectivity index is 4.50. The van der Waals surface area contributed by atoms with Gasteiger partial charge in [0.15, 0.2) is 12.1 Å². The van der Waals surface area contributed by atoms with Gasteiger partial charge in [0.25, 0.3) is 0 Å². The van der Waals surface area contributed by atoms with Crippen LogP contribution in [0.3, 0.4) is 0 Å². The molecule has 0 aromatic carbocycles. The molecule has 0 aromatic rings. The first-order valence-corrected chi connectivity index (χ1v) is 16.7. The Labute approximate surface area is 257 Å². The summed E-state index contributed by atoms with van der Waals surface area (Å²) in [4.78, 5) is 36.5. The van der Waals surface area contributed by atoms with E-state index in [2.05, 4.69) is 26.0 Å². The number of unbranched alkanes of at least 4 members (excludes halogenated alkanes) is 13. The minimum absolute atomic E-state index is 0.0508. The van der Waals surface area contributed by atoms with Crippen molar-refractivity contribution in [3.63, 3.8) is 0 Å². The van der Waals surface area contributed by atoms with Crippen molar-refractivity contribution in [3.05, 3.63) is 12.2 Å². The summed E-state index contributed by atoms with van der Waals surface area (Å²) in [6, 6.07) is -0.608. The number of carbonyl (C=O) groups is 3. The van der Waals surface area contributed by atoms with Gasteiger partial charge in [-0.25, -0.2) is 4.79 Å². The summed E-state index contributed by atoms with van der Waals surface area (Å²) in [5.74, 6) is -1.49. The second-order valence-corrected chi connectivity index (χ2v) is 12.4. The van der Waals surface area contributed by atoms with Gasteiger partial charge in [-0.2, -0.15) is 0 Å². The van der Waals surface area contributed by atoms with Crippen LogP contribution in [0.1, 0.15) is 136 Å². The fourth-order valence-electron chi connectivity index (χ4n) is 4.74. The number of allylic oxidation sites excluding steroid dienone is 2. The molecule has 2 atom stereocenters. The molecule has 0 fully saturated rings. The molecular formula is C34H64NO7+. The molecule has 0 aliphatic carbocycles. The zero-order valence-electron chi connectivity index (χ0n) is 27.7. The third-order valence-electron chi connectivity index (χ3n) is 7.40. The fraction of sp³-hybridized carbons (Fsp3) is 0.853. The molecule has 42 heavy (non-hydrogen) atoms. The topological polar surface area (TPSA) is 99.1 Å². The highest BCUT2D eigenvalue weighted by Gasteiger charge is 2.31. The van der Waals surface area contributed by atoms with Gasteiger partial charge in [-0.15, -0.1) is 0 Å². The fourth-order valence-corrected chi connectivity index (χ4v) is 4.74. The number of aliphatic carboxylic acids is 1. The highest BCUT2D eigenvalue weighted by Crippen LogP contribution is 2.13.